The lowest BCUT2D eigenvalue weighted by Gasteiger charge is -2.18. The Morgan fingerprint density at radius 3 is 1.73 bits per heavy atom. The summed E-state index contributed by atoms with van der Waals surface area (Å²) in [6.07, 6.45) is 0. The van der Waals surface area contributed by atoms with Crippen LogP contribution in [-0.4, -0.2) is 11.8 Å². The molecule has 0 aliphatic heterocycles. The summed E-state index contributed by atoms with van der Waals surface area (Å²) >= 11 is 0. The van der Waals surface area contributed by atoms with Crippen molar-refractivity contribution in [3.8, 4) is 0 Å². The molecule has 3 N–H and O–H groups in total. The van der Waals surface area contributed by atoms with E-state index in [1.165, 1.54) is 0 Å². The summed E-state index contributed by atoms with van der Waals surface area (Å²) in [7, 11) is 0. The summed E-state index contributed by atoms with van der Waals surface area (Å²) in [6.45, 7) is 0.383. The van der Waals surface area contributed by atoms with E-state index in [9.17, 15) is 9.59 Å². The Hall–Kier alpha value is -3.40. The fourth-order valence-electron chi connectivity index (χ4n) is 2.86. The van der Waals surface area contributed by atoms with Gasteiger partial charge in [0, 0.05) is 12.1 Å². The molecular weight excluding hydrogens is 324 g/mol. The topological polar surface area (TPSA) is 72.2 Å². The smallest absolute Gasteiger partial charge is 0.248 e. The van der Waals surface area contributed by atoms with Crippen molar-refractivity contribution >= 4 is 11.8 Å². The second-order valence-corrected chi connectivity index (χ2v) is 6.03. The van der Waals surface area contributed by atoms with Crippen molar-refractivity contribution < 1.29 is 9.59 Å². The van der Waals surface area contributed by atoms with Crippen LogP contribution in [0.3, 0.4) is 0 Å². The Balaban J connectivity index is 1.77. The van der Waals surface area contributed by atoms with E-state index in [-0.39, 0.29) is 11.8 Å². The molecule has 0 radical (unpaired) electrons. The fraction of sp³-hybridized carbons (Fsp3) is 0.0909. The molecular formula is C22H20N2O2. The van der Waals surface area contributed by atoms with Gasteiger partial charge in [-0.25, -0.2) is 0 Å². The predicted octanol–water partition coefficient (Wildman–Crippen LogP) is 3.23. The molecule has 3 aromatic carbocycles. The van der Waals surface area contributed by atoms with E-state index < -0.39 is 5.91 Å². The van der Waals surface area contributed by atoms with Crippen molar-refractivity contribution in [1.29, 1.82) is 0 Å². The normalized spacial score (nSPS) is 10.5. The van der Waals surface area contributed by atoms with Gasteiger partial charge >= 0.3 is 0 Å². The van der Waals surface area contributed by atoms with Crippen molar-refractivity contribution in [3.63, 3.8) is 0 Å². The van der Waals surface area contributed by atoms with E-state index in [4.69, 9.17) is 5.73 Å². The summed E-state index contributed by atoms with van der Waals surface area (Å²) in [5, 5.41) is 2.99. The van der Waals surface area contributed by atoms with E-state index >= 15 is 0 Å². The first-order valence-electron chi connectivity index (χ1n) is 8.41. The average molecular weight is 344 g/mol. The lowest BCUT2D eigenvalue weighted by atomic mass is 9.90. The number of rotatable bonds is 6. The van der Waals surface area contributed by atoms with Crippen LogP contribution in [0.4, 0.5) is 0 Å². The molecule has 0 unspecified atom stereocenters. The maximum absolute atomic E-state index is 12.9. The first-order chi connectivity index (χ1) is 12.6. The van der Waals surface area contributed by atoms with Crippen molar-refractivity contribution in [3.05, 3.63) is 107 Å². The molecule has 0 saturated carbocycles. The van der Waals surface area contributed by atoms with Crippen LogP contribution < -0.4 is 11.1 Å². The Kier molecular flexibility index (Phi) is 5.44. The molecule has 0 spiro atoms. The first kappa shape index (κ1) is 17.4. The Morgan fingerprint density at radius 1 is 0.769 bits per heavy atom. The molecule has 2 amide bonds. The van der Waals surface area contributed by atoms with E-state index in [0.717, 1.165) is 16.7 Å². The average Bonchev–Trinajstić information content (AvgIpc) is 2.68. The van der Waals surface area contributed by atoms with Crippen molar-refractivity contribution in [2.24, 2.45) is 5.73 Å². The Bertz CT molecular complexity index is 836. The monoisotopic (exact) mass is 344 g/mol. The van der Waals surface area contributed by atoms with Gasteiger partial charge in [-0.3, -0.25) is 9.59 Å². The largest absolute Gasteiger partial charge is 0.366 e. The van der Waals surface area contributed by atoms with Crippen LogP contribution in [0.5, 0.6) is 0 Å². The zero-order valence-electron chi connectivity index (χ0n) is 14.3. The third-order valence-electron chi connectivity index (χ3n) is 4.23. The zero-order chi connectivity index (χ0) is 18.4. The number of benzene rings is 3. The van der Waals surface area contributed by atoms with Crippen molar-refractivity contribution in [2.45, 2.75) is 12.5 Å². The van der Waals surface area contributed by atoms with Crippen LogP contribution in [-0.2, 0) is 11.3 Å². The second-order valence-electron chi connectivity index (χ2n) is 6.03. The molecule has 4 nitrogen and oxygen atoms in total. The fourth-order valence-corrected chi connectivity index (χ4v) is 2.86. The van der Waals surface area contributed by atoms with Crippen LogP contribution in [0.2, 0.25) is 0 Å². The van der Waals surface area contributed by atoms with E-state index in [1.54, 1.807) is 24.3 Å². The minimum absolute atomic E-state index is 0.0682. The number of carbonyl (C=O) groups excluding carboxylic acids is 2. The molecule has 0 bridgehead atoms. The summed E-state index contributed by atoms with van der Waals surface area (Å²) in [5.41, 5.74) is 8.49. The van der Waals surface area contributed by atoms with Gasteiger partial charge in [-0.15, -0.1) is 0 Å². The number of hydrogen-bond acceptors (Lipinski definition) is 2. The highest BCUT2D eigenvalue weighted by Gasteiger charge is 2.22. The molecule has 130 valence electrons. The number of carbonyl (C=O) groups is 2. The van der Waals surface area contributed by atoms with Gasteiger partial charge in [0.2, 0.25) is 11.8 Å². The third-order valence-corrected chi connectivity index (χ3v) is 4.23. The van der Waals surface area contributed by atoms with Gasteiger partial charge in [0.05, 0.1) is 5.92 Å². The molecule has 0 atom stereocenters. The molecule has 3 rings (SSSR count). The predicted molar refractivity (Wildman–Crippen MR) is 102 cm³/mol. The molecule has 0 aliphatic rings. The lowest BCUT2D eigenvalue weighted by molar-refractivity contribution is -0.121. The molecule has 0 heterocycles. The van der Waals surface area contributed by atoms with Crippen LogP contribution >= 0.6 is 0 Å². The van der Waals surface area contributed by atoms with E-state index in [2.05, 4.69) is 5.32 Å². The van der Waals surface area contributed by atoms with Gasteiger partial charge in [0.1, 0.15) is 0 Å². The number of amides is 2. The molecule has 0 fully saturated rings. The first-order valence-corrected chi connectivity index (χ1v) is 8.41. The molecule has 4 heteroatoms. The summed E-state index contributed by atoms with van der Waals surface area (Å²) < 4.78 is 0. The molecule has 3 aromatic rings. The van der Waals surface area contributed by atoms with Crippen LogP contribution in [0.15, 0.2) is 84.9 Å². The lowest BCUT2D eigenvalue weighted by Crippen LogP contribution is -2.29. The van der Waals surface area contributed by atoms with Gasteiger partial charge in [-0.1, -0.05) is 72.8 Å². The maximum atomic E-state index is 12.9. The number of hydrogen-bond donors (Lipinski definition) is 2. The van der Waals surface area contributed by atoms with E-state index in [0.29, 0.717) is 12.1 Å². The van der Waals surface area contributed by atoms with Gasteiger partial charge in [-0.2, -0.15) is 0 Å². The highest BCUT2D eigenvalue weighted by atomic mass is 16.2. The summed E-state index contributed by atoms with van der Waals surface area (Å²) in [6, 6.07) is 26.3. The zero-order valence-corrected chi connectivity index (χ0v) is 14.3. The number of nitrogens with one attached hydrogen (secondary N) is 1. The highest BCUT2D eigenvalue weighted by molar-refractivity contribution is 5.92. The molecule has 0 saturated heterocycles. The minimum Gasteiger partial charge on any atom is -0.366 e. The molecule has 0 aromatic heterocycles. The summed E-state index contributed by atoms with van der Waals surface area (Å²) in [4.78, 5) is 24.0. The van der Waals surface area contributed by atoms with Crippen molar-refractivity contribution in [2.75, 3.05) is 0 Å². The van der Waals surface area contributed by atoms with Gasteiger partial charge in [-0.05, 0) is 28.8 Å². The third kappa shape index (κ3) is 4.16. The Morgan fingerprint density at radius 2 is 1.27 bits per heavy atom. The summed E-state index contributed by atoms with van der Waals surface area (Å²) in [5.74, 6) is -0.905. The van der Waals surface area contributed by atoms with E-state index in [1.807, 2.05) is 60.7 Å². The number of nitrogens with two attached hydrogens (primary N) is 1. The van der Waals surface area contributed by atoms with Crippen molar-refractivity contribution in [1.82, 2.24) is 5.32 Å². The second kappa shape index (κ2) is 8.12. The van der Waals surface area contributed by atoms with Gasteiger partial charge in [0.25, 0.3) is 0 Å². The molecule has 26 heavy (non-hydrogen) atoms. The quantitative estimate of drug-likeness (QED) is 0.720. The Labute approximate surface area is 152 Å². The SMILES string of the molecule is NC(=O)c1ccc(CNC(=O)C(c2ccccc2)c2ccccc2)cc1. The van der Waals surface area contributed by atoms with Crippen LogP contribution in [0.1, 0.15) is 33.0 Å². The van der Waals surface area contributed by atoms with Crippen LogP contribution in [0.25, 0.3) is 0 Å². The maximum Gasteiger partial charge on any atom is 0.248 e. The highest BCUT2D eigenvalue weighted by Crippen LogP contribution is 2.24. The minimum atomic E-state index is -0.464. The molecule has 0 aliphatic carbocycles. The van der Waals surface area contributed by atoms with Gasteiger partial charge in [0.15, 0.2) is 0 Å². The standard InChI is InChI=1S/C22H20N2O2/c23-21(25)19-13-11-16(12-14-19)15-24-22(26)20(17-7-3-1-4-8-17)18-9-5-2-6-10-18/h1-14,20H,15H2,(H2,23,25)(H,24,26). The van der Waals surface area contributed by atoms with Gasteiger partial charge < -0.3 is 11.1 Å². The van der Waals surface area contributed by atoms with Crippen LogP contribution in [0, 0.1) is 0 Å². The number of primary amides is 1.